The predicted molar refractivity (Wildman–Crippen MR) is 100 cm³/mol. The lowest BCUT2D eigenvalue weighted by Gasteiger charge is -2.29. The number of thioether (sulfide) groups is 1. The molecule has 23 heavy (non-hydrogen) atoms. The van der Waals surface area contributed by atoms with Gasteiger partial charge in [-0.25, -0.2) is 0 Å². The molecular weight excluding hydrogens is 374 g/mol. The Balaban J connectivity index is 1.72. The zero-order valence-electron chi connectivity index (χ0n) is 12.6. The van der Waals surface area contributed by atoms with Gasteiger partial charge in [-0.2, -0.15) is 0 Å². The molecule has 0 atom stereocenters. The van der Waals surface area contributed by atoms with Gasteiger partial charge in [-0.05, 0) is 35.7 Å². The Kier molecular flexibility index (Phi) is 5.65. The molecule has 3 rings (SSSR count). The summed E-state index contributed by atoms with van der Waals surface area (Å²) in [4.78, 5) is 3.50. The molecule has 0 radical (unpaired) electrons. The highest BCUT2D eigenvalue weighted by molar-refractivity contribution is 9.10. The zero-order chi connectivity index (χ0) is 16.1. The van der Waals surface area contributed by atoms with Crippen LogP contribution in [0, 0.1) is 0 Å². The first kappa shape index (κ1) is 16.4. The third kappa shape index (κ3) is 4.53. The largest absolute Gasteiger partial charge is 0.507 e. The van der Waals surface area contributed by atoms with Crippen LogP contribution in [-0.2, 0) is 4.74 Å². The highest BCUT2D eigenvalue weighted by Gasteiger charge is 2.12. The number of hydrogen-bond acceptors (Lipinski definition) is 4. The number of phenols is 1. The van der Waals surface area contributed by atoms with Crippen LogP contribution in [-0.4, -0.2) is 31.4 Å². The zero-order valence-corrected chi connectivity index (χ0v) is 15.0. The van der Waals surface area contributed by atoms with Crippen molar-refractivity contribution >= 4 is 39.5 Å². The molecule has 0 aliphatic carbocycles. The number of benzene rings is 2. The molecule has 1 aliphatic rings. The van der Waals surface area contributed by atoms with Crippen LogP contribution in [0.1, 0.15) is 5.56 Å². The van der Waals surface area contributed by atoms with E-state index in [9.17, 15) is 5.11 Å². The van der Waals surface area contributed by atoms with Crippen molar-refractivity contribution in [2.45, 2.75) is 4.90 Å². The third-order valence-corrected chi connectivity index (χ3v) is 4.86. The van der Waals surface area contributed by atoms with Gasteiger partial charge in [-0.3, -0.25) is 0 Å². The molecule has 120 valence electrons. The lowest BCUT2D eigenvalue weighted by atomic mass is 10.2. The fourth-order valence-corrected chi connectivity index (χ4v) is 3.82. The van der Waals surface area contributed by atoms with Crippen molar-refractivity contribution in [3.63, 3.8) is 0 Å². The molecule has 0 saturated carbocycles. The van der Waals surface area contributed by atoms with E-state index in [1.54, 1.807) is 17.8 Å². The Morgan fingerprint density at radius 1 is 1.13 bits per heavy atom. The third-order valence-electron chi connectivity index (χ3n) is 3.62. The lowest BCUT2D eigenvalue weighted by Crippen LogP contribution is -2.36. The van der Waals surface area contributed by atoms with E-state index in [-0.39, 0.29) is 0 Å². The number of aromatic hydroxyl groups is 1. The second-order valence-corrected chi connectivity index (χ2v) is 7.12. The van der Waals surface area contributed by atoms with Crippen LogP contribution in [0.4, 0.5) is 5.69 Å². The predicted octanol–water partition coefficient (Wildman–Crippen LogP) is 4.75. The van der Waals surface area contributed by atoms with Crippen LogP contribution in [0.3, 0.4) is 0 Å². The first-order chi connectivity index (χ1) is 11.2. The minimum absolute atomic E-state index is 0.299. The molecule has 0 amide bonds. The maximum absolute atomic E-state index is 9.78. The SMILES string of the molecule is Oc1ccccc1/C=C/Sc1cc(Br)cc(N2CCOCC2)c1. The average Bonchev–Trinajstić information content (AvgIpc) is 2.57. The number of hydrogen-bond donors (Lipinski definition) is 1. The fourth-order valence-electron chi connectivity index (χ4n) is 2.43. The minimum atomic E-state index is 0.299. The Morgan fingerprint density at radius 3 is 2.70 bits per heavy atom. The Labute approximate surface area is 149 Å². The molecule has 1 heterocycles. The molecule has 1 N–H and O–H groups in total. The normalized spacial score (nSPS) is 15.3. The van der Waals surface area contributed by atoms with Gasteiger partial charge in [0.05, 0.1) is 13.2 Å². The molecule has 2 aromatic carbocycles. The van der Waals surface area contributed by atoms with E-state index in [0.717, 1.165) is 41.2 Å². The van der Waals surface area contributed by atoms with Crippen molar-refractivity contribution in [2.24, 2.45) is 0 Å². The van der Waals surface area contributed by atoms with E-state index in [2.05, 4.69) is 39.0 Å². The highest BCUT2D eigenvalue weighted by Crippen LogP contribution is 2.31. The Hall–Kier alpha value is -1.43. The van der Waals surface area contributed by atoms with Crippen LogP contribution >= 0.6 is 27.7 Å². The van der Waals surface area contributed by atoms with Crippen molar-refractivity contribution in [2.75, 3.05) is 31.2 Å². The summed E-state index contributed by atoms with van der Waals surface area (Å²) < 4.78 is 6.48. The first-order valence-corrected chi connectivity index (χ1v) is 9.14. The quantitative estimate of drug-likeness (QED) is 0.761. The van der Waals surface area contributed by atoms with Crippen molar-refractivity contribution in [1.82, 2.24) is 0 Å². The van der Waals surface area contributed by atoms with Gasteiger partial charge in [0.15, 0.2) is 0 Å². The monoisotopic (exact) mass is 391 g/mol. The number of phenolic OH excluding ortho intramolecular Hbond substituents is 1. The molecule has 0 unspecified atom stereocenters. The maximum Gasteiger partial charge on any atom is 0.122 e. The summed E-state index contributed by atoms with van der Waals surface area (Å²) in [6.45, 7) is 3.41. The Bertz CT molecular complexity index is 699. The van der Waals surface area contributed by atoms with E-state index in [0.29, 0.717) is 5.75 Å². The lowest BCUT2D eigenvalue weighted by molar-refractivity contribution is 0.122. The molecule has 1 fully saturated rings. The fraction of sp³-hybridized carbons (Fsp3) is 0.222. The number of anilines is 1. The van der Waals surface area contributed by atoms with E-state index in [1.165, 1.54) is 5.69 Å². The van der Waals surface area contributed by atoms with Crippen LogP contribution in [0.2, 0.25) is 0 Å². The van der Waals surface area contributed by atoms with E-state index < -0.39 is 0 Å². The van der Waals surface area contributed by atoms with Crippen LogP contribution in [0.15, 0.2) is 57.2 Å². The molecule has 3 nitrogen and oxygen atoms in total. The maximum atomic E-state index is 9.78. The molecular formula is C18H18BrNO2S. The van der Waals surface area contributed by atoms with Crippen LogP contribution in [0.25, 0.3) is 6.08 Å². The van der Waals surface area contributed by atoms with Gasteiger partial charge >= 0.3 is 0 Å². The summed E-state index contributed by atoms with van der Waals surface area (Å²) in [5.41, 5.74) is 2.03. The Morgan fingerprint density at radius 2 is 1.91 bits per heavy atom. The molecule has 0 bridgehead atoms. The number of morpholine rings is 1. The van der Waals surface area contributed by atoms with Crippen LogP contribution < -0.4 is 4.90 Å². The van der Waals surface area contributed by atoms with Gasteiger partial charge < -0.3 is 14.7 Å². The average molecular weight is 392 g/mol. The van der Waals surface area contributed by atoms with Crippen molar-refractivity contribution in [3.05, 3.63) is 57.9 Å². The van der Waals surface area contributed by atoms with Gasteiger partial charge in [0.25, 0.3) is 0 Å². The van der Waals surface area contributed by atoms with E-state index in [1.807, 2.05) is 29.7 Å². The van der Waals surface area contributed by atoms with Gasteiger partial charge in [0.1, 0.15) is 5.75 Å². The number of para-hydroxylation sites is 1. The standard InChI is InChI=1S/C18H18BrNO2S/c19-15-11-16(20-6-8-22-9-7-20)13-17(12-15)23-10-5-14-3-1-2-4-18(14)21/h1-5,10-13,21H,6-9H2/b10-5+. The van der Waals surface area contributed by atoms with Crippen molar-refractivity contribution < 1.29 is 9.84 Å². The molecule has 5 heteroatoms. The highest BCUT2D eigenvalue weighted by atomic mass is 79.9. The summed E-state index contributed by atoms with van der Waals surface area (Å²) in [7, 11) is 0. The number of rotatable bonds is 4. The molecule has 1 saturated heterocycles. The van der Waals surface area contributed by atoms with E-state index in [4.69, 9.17) is 4.74 Å². The van der Waals surface area contributed by atoms with Gasteiger partial charge in [-0.15, -0.1) is 0 Å². The summed E-state index contributed by atoms with van der Waals surface area (Å²) in [6.07, 6.45) is 1.93. The topological polar surface area (TPSA) is 32.7 Å². The second kappa shape index (κ2) is 7.90. The summed E-state index contributed by atoms with van der Waals surface area (Å²) in [5.74, 6) is 0.299. The number of nitrogens with zero attached hydrogens (tertiary/aromatic N) is 1. The minimum Gasteiger partial charge on any atom is -0.507 e. The smallest absolute Gasteiger partial charge is 0.122 e. The molecule has 1 aliphatic heterocycles. The van der Waals surface area contributed by atoms with Gasteiger partial charge in [-0.1, -0.05) is 45.9 Å². The summed E-state index contributed by atoms with van der Waals surface area (Å²) >= 11 is 5.23. The van der Waals surface area contributed by atoms with Crippen molar-refractivity contribution in [3.8, 4) is 5.75 Å². The summed E-state index contributed by atoms with van der Waals surface area (Å²) in [5, 5.41) is 11.8. The van der Waals surface area contributed by atoms with Gasteiger partial charge in [0.2, 0.25) is 0 Å². The molecule has 0 spiro atoms. The second-order valence-electron chi connectivity index (χ2n) is 5.22. The molecule has 0 aromatic heterocycles. The van der Waals surface area contributed by atoms with Crippen molar-refractivity contribution in [1.29, 1.82) is 0 Å². The molecule has 2 aromatic rings. The van der Waals surface area contributed by atoms with Crippen LogP contribution in [0.5, 0.6) is 5.75 Å². The number of ether oxygens (including phenoxy) is 1. The number of halogens is 1. The van der Waals surface area contributed by atoms with E-state index >= 15 is 0 Å². The summed E-state index contributed by atoms with van der Waals surface area (Å²) in [6, 6.07) is 13.8. The first-order valence-electron chi connectivity index (χ1n) is 7.47. The van der Waals surface area contributed by atoms with Gasteiger partial charge in [0, 0.05) is 33.7 Å².